The van der Waals surface area contributed by atoms with Crippen LogP contribution in [0.15, 0.2) is 72.4 Å². The number of aromatic nitrogens is 3. The Bertz CT molecular complexity index is 923. The van der Waals surface area contributed by atoms with Gasteiger partial charge in [-0.1, -0.05) is 48.2 Å². The van der Waals surface area contributed by atoms with Crippen LogP contribution in [0.2, 0.25) is 0 Å². The van der Waals surface area contributed by atoms with Gasteiger partial charge in [-0.15, -0.1) is 16.8 Å². The number of aryl methyl sites for hydroxylation is 1. The Labute approximate surface area is 168 Å². The lowest BCUT2D eigenvalue weighted by molar-refractivity contribution is -0.113. The molecule has 0 aliphatic carbocycles. The molecule has 0 saturated carbocycles. The minimum Gasteiger partial charge on any atom is -0.489 e. The number of hydrogen-bond donors (Lipinski definition) is 1. The zero-order valence-electron chi connectivity index (χ0n) is 15.7. The van der Waals surface area contributed by atoms with Crippen molar-refractivity contribution in [1.29, 1.82) is 0 Å². The summed E-state index contributed by atoms with van der Waals surface area (Å²) in [6.45, 7) is 6.73. The van der Waals surface area contributed by atoms with Crippen molar-refractivity contribution < 1.29 is 9.53 Å². The Morgan fingerprint density at radius 3 is 2.64 bits per heavy atom. The number of hydrogen-bond acceptors (Lipinski definition) is 5. The van der Waals surface area contributed by atoms with Crippen molar-refractivity contribution in [3.05, 3.63) is 78.6 Å². The smallest absolute Gasteiger partial charge is 0.234 e. The number of amides is 1. The van der Waals surface area contributed by atoms with Crippen molar-refractivity contribution in [3.63, 3.8) is 0 Å². The Kier molecular flexibility index (Phi) is 6.86. The van der Waals surface area contributed by atoms with Gasteiger partial charge in [0.05, 0.1) is 5.75 Å². The van der Waals surface area contributed by atoms with E-state index in [0.717, 1.165) is 22.8 Å². The Morgan fingerprint density at radius 2 is 1.93 bits per heavy atom. The van der Waals surface area contributed by atoms with E-state index in [1.807, 2.05) is 66.1 Å². The third-order valence-electron chi connectivity index (χ3n) is 3.93. The van der Waals surface area contributed by atoms with Crippen LogP contribution in [0.25, 0.3) is 0 Å². The Morgan fingerprint density at radius 1 is 1.18 bits per heavy atom. The number of ether oxygens (including phenoxy) is 1. The summed E-state index contributed by atoms with van der Waals surface area (Å²) in [5.74, 6) is 1.70. The summed E-state index contributed by atoms with van der Waals surface area (Å²) in [7, 11) is 0. The quantitative estimate of drug-likeness (QED) is 0.437. The molecule has 0 fully saturated rings. The lowest BCUT2D eigenvalue weighted by Crippen LogP contribution is -2.14. The molecule has 3 rings (SSSR count). The lowest BCUT2D eigenvalue weighted by atomic mass is 10.2. The fourth-order valence-electron chi connectivity index (χ4n) is 2.51. The number of rotatable bonds is 9. The molecule has 0 bridgehead atoms. The molecule has 1 amide bonds. The van der Waals surface area contributed by atoms with Gasteiger partial charge in [-0.3, -0.25) is 4.79 Å². The van der Waals surface area contributed by atoms with Gasteiger partial charge in [0.1, 0.15) is 18.2 Å². The topological polar surface area (TPSA) is 69.0 Å². The van der Waals surface area contributed by atoms with Gasteiger partial charge in [0, 0.05) is 12.2 Å². The van der Waals surface area contributed by atoms with Crippen molar-refractivity contribution in [1.82, 2.24) is 14.8 Å². The van der Waals surface area contributed by atoms with Gasteiger partial charge in [-0.05, 0) is 36.8 Å². The highest BCUT2D eigenvalue weighted by Crippen LogP contribution is 2.19. The zero-order valence-corrected chi connectivity index (χ0v) is 16.5. The molecule has 0 radical (unpaired) electrons. The summed E-state index contributed by atoms with van der Waals surface area (Å²) in [5, 5.41) is 11.7. The molecule has 28 heavy (non-hydrogen) atoms. The molecule has 2 aromatic carbocycles. The van der Waals surface area contributed by atoms with Crippen molar-refractivity contribution in [2.45, 2.75) is 25.2 Å². The second-order valence-electron chi connectivity index (χ2n) is 6.06. The van der Waals surface area contributed by atoms with Crippen LogP contribution < -0.4 is 10.1 Å². The molecular weight excluding hydrogens is 372 g/mol. The van der Waals surface area contributed by atoms with E-state index in [9.17, 15) is 4.79 Å². The second kappa shape index (κ2) is 9.75. The zero-order chi connectivity index (χ0) is 19.8. The van der Waals surface area contributed by atoms with E-state index >= 15 is 0 Å². The summed E-state index contributed by atoms with van der Waals surface area (Å²) in [4.78, 5) is 12.2. The molecule has 0 aliphatic heterocycles. The van der Waals surface area contributed by atoms with Crippen LogP contribution in [-0.4, -0.2) is 26.4 Å². The molecule has 6 nitrogen and oxygen atoms in total. The predicted molar refractivity (Wildman–Crippen MR) is 112 cm³/mol. The highest BCUT2D eigenvalue weighted by atomic mass is 32.2. The van der Waals surface area contributed by atoms with Gasteiger partial charge in [0.25, 0.3) is 0 Å². The number of carbonyl (C=O) groups excluding carboxylic acids is 1. The molecule has 0 saturated heterocycles. The van der Waals surface area contributed by atoms with Gasteiger partial charge in [0.15, 0.2) is 5.16 Å². The highest BCUT2D eigenvalue weighted by molar-refractivity contribution is 7.99. The molecule has 3 aromatic rings. The van der Waals surface area contributed by atoms with Gasteiger partial charge >= 0.3 is 0 Å². The first-order valence-electron chi connectivity index (χ1n) is 8.86. The fourth-order valence-corrected chi connectivity index (χ4v) is 3.30. The van der Waals surface area contributed by atoms with E-state index in [1.165, 1.54) is 11.8 Å². The highest BCUT2D eigenvalue weighted by Gasteiger charge is 2.11. The summed E-state index contributed by atoms with van der Waals surface area (Å²) in [5.41, 5.74) is 1.83. The number of benzene rings is 2. The van der Waals surface area contributed by atoms with Crippen molar-refractivity contribution in [2.24, 2.45) is 0 Å². The maximum Gasteiger partial charge on any atom is 0.234 e. The third-order valence-corrected chi connectivity index (χ3v) is 4.90. The standard InChI is InChI=1S/C21H22N4O2S/c1-3-13-25-16(2)23-24-21(25)28-15-20(26)22-18-9-11-19(12-10-18)27-14-17-7-5-4-6-8-17/h3-12H,1,13-15H2,2H3,(H,22,26). The fraction of sp³-hybridized carbons (Fsp3) is 0.190. The van der Waals surface area contributed by atoms with Crippen LogP contribution in [0.1, 0.15) is 11.4 Å². The van der Waals surface area contributed by atoms with E-state index < -0.39 is 0 Å². The first-order chi connectivity index (χ1) is 13.7. The average Bonchev–Trinajstić information content (AvgIpc) is 3.07. The van der Waals surface area contributed by atoms with Crippen LogP contribution >= 0.6 is 11.8 Å². The minimum atomic E-state index is -0.103. The molecule has 1 N–H and O–H groups in total. The molecule has 0 unspecified atom stereocenters. The summed E-state index contributed by atoms with van der Waals surface area (Å²) in [6, 6.07) is 17.3. The number of anilines is 1. The third kappa shape index (κ3) is 5.47. The second-order valence-corrected chi connectivity index (χ2v) is 7.01. The molecule has 144 valence electrons. The lowest BCUT2D eigenvalue weighted by Gasteiger charge is -2.09. The van der Waals surface area contributed by atoms with Gasteiger partial charge in [0.2, 0.25) is 5.91 Å². The maximum atomic E-state index is 12.2. The van der Waals surface area contributed by atoms with Gasteiger partial charge in [-0.25, -0.2) is 0 Å². The van der Waals surface area contributed by atoms with Crippen molar-refractivity contribution in [3.8, 4) is 5.75 Å². The predicted octanol–water partition coefficient (Wildman–Crippen LogP) is 4.08. The number of nitrogens with one attached hydrogen (secondary N) is 1. The number of allylic oxidation sites excluding steroid dienone is 1. The average molecular weight is 395 g/mol. The Hall–Kier alpha value is -3.06. The molecule has 0 spiro atoms. The Balaban J connectivity index is 1.48. The van der Waals surface area contributed by atoms with Gasteiger partial charge in [-0.2, -0.15) is 0 Å². The van der Waals surface area contributed by atoms with Gasteiger partial charge < -0.3 is 14.6 Å². The van der Waals surface area contributed by atoms with Crippen LogP contribution in [0.4, 0.5) is 5.69 Å². The molecule has 1 heterocycles. The maximum absolute atomic E-state index is 12.2. The van der Waals surface area contributed by atoms with Crippen LogP contribution in [0.5, 0.6) is 5.75 Å². The van der Waals surface area contributed by atoms with E-state index in [-0.39, 0.29) is 11.7 Å². The monoisotopic (exact) mass is 394 g/mol. The normalized spacial score (nSPS) is 10.5. The van der Waals surface area contributed by atoms with Crippen molar-refractivity contribution >= 4 is 23.4 Å². The summed E-state index contributed by atoms with van der Waals surface area (Å²) < 4.78 is 7.67. The molecule has 0 atom stereocenters. The van der Waals surface area contributed by atoms with Crippen LogP contribution in [-0.2, 0) is 17.9 Å². The number of nitrogens with zero attached hydrogens (tertiary/aromatic N) is 3. The molecular formula is C21H22N4O2S. The summed E-state index contributed by atoms with van der Waals surface area (Å²) >= 11 is 1.35. The van der Waals surface area contributed by atoms with Crippen molar-refractivity contribution in [2.75, 3.05) is 11.1 Å². The minimum absolute atomic E-state index is 0.103. The molecule has 1 aromatic heterocycles. The largest absolute Gasteiger partial charge is 0.489 e. The van der Waals surface area contributed by atoms with E-state index in [2.05, 4.69) is 22.1 Å². The van der Waals surface area contributed by atoms with E-state index in [1.54, 1.807) is 6.08 Å². The first kappa shape index (κ1) is 19.7. The molecule has 0 aliphatic rings. The first-order valence-corrected chi connectivity index (χ1v) is 9.84. The van der Waals surface area contributed by atoms with Crippen LogP contribution in [0, 0.1) is 6.92 Å². The SMILES string of the molecule is C=CCn1c(C)nnc1SCC(=O)Nc1ccc(OCc2ccccc2)cc1. The molecule has 7 heteroatoms. The van der Waals surface area contributed by atoms with E-state index in [4.69, 9.17) is 4.74 Å². The van der Waals surface area contributed by atoms with E-state index in [0.29, 0.717) is 18.3 Å². The summed E-state index contributed by atoms with van der Waals surface area (Å²) in [6.07, 6.45) is 1.78. The number of thioether (sulfide) groups is 1. The van der Waals surface area contributed by atoms with Crippen LogP contribution in [0.3, 0.4) is 0 Å². The number of carbonyl (C=O) groups is 1.